The molecule has 0 unspecified atom stereocenters. The lowest BCUT2D eigenvalue weighted by molar-refractivity contribution is 0.0953. The van der Waals surface area contributed by atoms with Crippen LogP contribution in [0.3, 0.4) is 0 Å². The topological polar surface area (TPSA) is 122 Å². The van der Waals surface area contributed by atoms with Gasteiger partial charge in [0, 0.05) is 30.3 Å². The highest BCUT2D eigenvalue weighted by molar-refractivity contribution is 7.92. The van der Waals surface area contributed by atoms with E-state index in [0.29, 0.717) is 41.5 Å². The first-order chi connectivity index (χ1) is 18.8. The molecule has 2 N–H and O–H groups in total. The number of benzene rings is 3. The van der Waals surface area contributed by atoms with Crippen molar-refractivity contribution >= 4 is 54.8 Å². The van der Waals surface area contributed by atoms with Crippen LogP contribution < -0.4 is 14.8 Å². The molecule has 1 aliphatic rings. The number of anilines is 1. The van der Waals surface area contributed by atoms with Gasteiger partial charge < -0.3 is 10.1 Å². The van der Waals surface area contributed by atoms with Crippen LogP contribution in [0.2, 0.25) is 10.0 Å². The first-order valence-corrected chi connectivity index (χ1v) is 16.2. The van der Waals surface area contributed by atoms with E-state index in [-0.39, 0.29) is 31.8 Å². The van der Waals surface area contributed by atoms with Gasteiger partial charge in [-0.1, -0.05) is 23.2 Å². The summed E-state index contributed by atoms with van der Waals surface area (Å²) in [5.74, 6) is -0.00661. The number of amides is 1. The Morgan fingerprint density at radius 2 is 1.62 bits per heavy atom. The summed E-state index contributed by atoms with van der Waals surface area (Å²) in [5.41, 5.74) is 1.11. The number of hydrogen-bond donors (Lipinski definition) is 2. The third-order valence-corrected chi connectivity index (χ3v) is 10.9. The molecule has 13 heteroatoms. The van der Waals surface area contributed by atoms with E-state index in [1.54, 1.807) is 26.8 Å². The molecule has 1 amide bonds. The minimum atomic E-state index is -4.12. The predicted molar refractivity (Wildman–Crippen MR) is 156 cm³/mol. The van der Waals surface area contributed by atoms with Crippen molar-refractivity contribution in [2.45, 2.75) is 43.4 Å². The van der Waals surface area contributed by atoms with E-state index in [2.05, 4.69) is 10.0 Å². The molecule has 40 heavy (non-hydrogen) atoms. The largest absolute Gasteiger partial charge is 0.457 e. The molecule has 214 valence electrons. The number of aryl methyl sites for hydroxylation is 1. The molecule has 0 aromatic heterocycles. The zero-order valence-electron chi connectivity index (χ0n) is 22.1. The highest BCUT2D eigenvalue weighted by Crippen LogP contribution is 2.34. The van der Waals surface area contributed by atoms with Crippen LogP contribution in [0.4, 0.5) is 5.69 Å². The number of sulfonamides is 2. The van der Waals surface area contributed by atoms with Gasteiger partial charge in [-0.2, -0.15) is 4.31 Å². The molecular weight excluding hydrogens is 597 g/mol. The van der Waals surface area contributed by atoms with Gasteiger partial charge in [-0.3, -0.25) is 9.52 Å². The predicted octanol–water partition coefficient (Wildman–Crippen LogP) is 5.74. The average Bonchev–Trinajstić information content (AvgIpc) is 3.44. The van der Waals surface area contributed by atoms with Crippen LogP contribution in [0, 0.1) is 13.8 Å². The smallest absolute Gasteiger partial charge is 0.263 e. The van der Waals surface area contributed by atoms with E-state index in [9.17, 15) is 21.6 Å². The fourth-order valence-corrected chi connectivity index (χ4v) is 7.92. The number of ether oxygens (including phenoxy) is 1. The van der Waals surface area contributed by atoms with Gasteiger partial charge in [0.1, 0.15) is 16.4 Å². The Labute approximate surface area is 244 Å². The number of halogens is 2. The Morgan fingerprint density at radius 1 is 0.950 bits per heavy atom. The first kappa shape index (κ1) is 30.1. The molecule has 0 radical (unpaired) electrons. The van der Waals surface area contributed by atoms with E-state index < -0.39 is 26.0 Å². The van der Waals surface area contributed by atoms with Gasteiger partial charge >= 0.3 is 0 Å². The molecule has 0 spiro atoms. The fraction of sp³-hybridized carbons (Fsp3) is 0.296. The number of hydrogen-bond acceptors (Lipinski definition) is 6. The summed E-state index contributed by atoms with van der Waals surface area (Å²) >= 11 is 12.3. The van der Waals surface area contributed by atoms with Gasteiger partial charge in [-0.25, -0.2) is 16.8 Å². The molecule has 1 heterocycles. The van der Waals surface area contributed by atoms with Crippen molar-refractivity contribution in [2.24, 2.45) is 0 Å². The van der Waals surface area contributed by atoms with Crippen molar-refractivity contribution in [1.82, 2.24) is 9.62 Å². The van der Waals surface area contributed by atoms with Crippen molar-refractivity contribution in [1.29, 1.82) is 0 Å². The SMILES string of the molecule is CCNC(=O)c1cc(NS(=O)(=O)c2ccc(Cl)c(C)c2Cl)ccc1Oc1ccc(S(=O)(=O)N2CCCC2)c(C)c1. The van der Waals surface area contributed by atoms with Gasteiger partial charge in [0.15, 0.2) is 0 Å². The Hall–Kier alpha value is -2.83. The number of carbonyl (C=O) groups excluding carboxylic acids is 1. The van der Waals surface area contributed by atoms with Crippen LogP contribution in [0.25, 0.3) is 0 Å². The zero-order chi connectivity index (χ0) is 29.2. The van der Waals surface area contributed by atoms with Crippen molar-refractivity contribution in [2.75, 3.05) is 24.4 Å². The number of rotatable bonds is 9. The maximum absolute atomic E-state index is 13.1. The third kappa shape index (κ3) is 6.23. The molecule has 0 aliphatic carbocycles. The highest BCUT2D eigenvalue weighted by atomic mass is 35.5. The minimum absolute atomic E-state index is 0.00512. The van der Waals surface area contributed by atoms with E-state index in [4.69, 9.17) is 27.9 Å². The summed E-state index contributed by atoms with van der Waals surface area (Å²) in [6.07, 6.45) is 1.67. The summed E-state index contributed by atoms with van der Waals surface area (Å²) < 4.78 is 62.1. The number of nitrogens with one attached hydrogen (secondary N) is 2. The normalized spacial score (nSPS) is 14.2. The second-order valence-electron chi connectivity index (χ2n) is 9.30. The van der Waals surface area contributed by atoms with Crippen LogP contribution in [-0.2, 0) is 20.0 Å². The molecule has 3 aromatic carbocycles. The molecular formula is C27H29Cl2N3O6S2. The van der Waals surface area contributed by atoms with Crippen molar-refractivity contribution in [3.05, 3.63) is 75.3 Å². The monoisotopic (exact) mass is 625 g/mol. The molecule has 1 aliphatic heterocycles. The van der Waals surface area contributed by atoms with Gasteiger partial charge in [0.05, 0.1) is 15.5 Å². The van der Waals surface area contributed by atoms with E-state index in [1.807, 2.05) is 0 Å². The standard InChI is InChI=1S/C27H29Cl2N3O6S2/c1-4-30-27(33)21-16-19(31-39(34,35)25-12-9-22(28)18(3)26(25)29)7-10-23(21)38-20-8-11-24(17(2)15-20)40(36,37)32-13-5-6-14-32/h7-12,15-16,31H,4-6,13-14H2,1-3H3,(H,30,33). The third-order valence-electron chi connectivity index (χ3n) is 6.45. The Kier molecular flexibility index (Phi) is 9.01. The summed E-state index contributed by atoms with van der Waals surface area (Å²) in [6, 6.07) is 11.6. The fourth-order valence-electron chi connectivity index (χ4n) is 4.34. The molecule has 0 atom stereocenters. The van der Waals surface area contributed by atoms with Crippen molar-refractivity contribution in [3.63, 3.8) is 0 Å². The van der Waals surface area contributed by atoms with Crippen molar-refractivity contribution < 1.29 is 26.4 Å². The first-order valence-electron chi connectivity index (χ1n) is 12.5. The second kappa shape index (κ2) is 12.0. The second-order valence-corrected chi connectivity index (χ2v) is 13.6. The molecule has 4 rings (SSSR count). The van der Waals surface area contributed by atoms with E-state index in [1.165, 1.54) is 46.8 Å². The molecule has 1 fully saturated rings. The summed E-state index contributed by atoms with van der Waals surface area (Å²) in [6.45, 7) is 6.36. The van der Waals surface area contributed by atoms with Crippen LogP contribution >= 0.6 is 23.2 Å². The van der Waals surface area contributed by atoms with Gasteiger partial charge in [-0.05, 0) is 93.3 Å². The quantitative estimate of drug-likeness (QED) is 0.313. The maximum Gasteiger partial charge on any atom is 0.263 e. The Bertz CT molecular complexity index is 1670. The molecule has 3 aromatic rings. The number of carbonyl (C=O) groups is 1. The lowest BCUT2D eigenvalue weighted by atomic mass is 10.1. The van der Waals surface area contributed by atoms with Crippen LogP contribution in [0.1, 0.15) is 41.3 Å². The minimum Gasteiger partial charge on any atom is -0.457 e. The van der Waals surface area contributed by atoms with Crippen molar-refractivity contribution in [3.8, 4) is 11.5 Å². The molecule has 0 bridgehead atoms. The van der Waals surface area contributed by atoms with Crippen LogP contribution in [0.5, 0.6) is 11.5 Å². The van der Waals surface area contributed by atoms with Gasteiger partial charge in [-0.15, -0.1) is 0 Å². The van der Waals surface area contributed by atoms with Gasteiger partial charge in [0.25, 0.3) is 15.9 Å². The molecule has 1 saturated heterocycles. The molecule has 0 saturated carbocycles. The maximum atomic E-state index is 13.1. The summed E-state index contributed by atoms with van der Waals surface area (Å²) in [7, 11) is -7.73. The number of nitrogens with zero attached hydrogens (tertiary/aromatic N) is 1. The molecule has 9 nitrogen and oxygen atoms in total. The highest BCUT2D eigenvalue weighted by Gasteiger charge is 2.29. The van der Waals surface area contributed by atoms with Gasteiger partial charge in [0.2, 0.25) is 10.0 Å². The zero-order valence-corrected chi connectivity index (χ0v) is 25.3. The summed E-state index contributed by atoms with van der Waals surface area (Å²) in [4.78, 5) is 12.9. The van der Waals surface area contributed by atoms with E-state index in [0.717, 1.165) is 12.8 Å². The lowest BCUT2D eigenvalue weighted by Gasteiger charge is -2.18. The van der Waals surface area contributed by atoms with Crippen LogP contribution in [-0.4, -0.2) is 46.7 Å². The lowest BCUT2D eigenvalue weighted by Crippen LogP contribution is -2.28. The Morgan fingerprint density at radius 3 is 2.27 bits per heavy atom. The van der Waals surface area contributed by atoms with Crippen LogP contribution in [0.15, 0.2) is 58.3 Å². The summed E-state index contributed by atoms with van der Waals surface area (Å²) in [5, 5.41) is 3.02. The average molecular weight is 627 g/mol. The Balaban J connectivity index is 1.64. The van der Waals surface area contributed by atoms with E-state index >= 15 is 0 Å².